The summed E-state index contributed by atoms with van der Waals surface area (Å²) < 4.78 is 5.19. The lowest BCUT2D eigenvalue weighted by atomic mass is 10.1. The van der Waals surface area contributed by atoms with E-state index in [9.17, 15) is 9.59 Å². The summed E-state index contributed by atoms with van der Waals surface area (Å²) in [6.45, 7) is 2.82. The minimum atomic E-state index is -0.452. The second-order valence-electron chi connectivity index (χ2n) is 5.16. The Balaban J connectivity index is 1.83. The van der Waals surface area contributed by atoms with Crippen molar-refractivity contribution >= 4 is 11.8 Å². The second kappa shape index (κ2) is 6.01. The molecule has 3 rings (SSSR count). The van der Waals surface area contributed by atoms with Gasteiger partial charge in [0.05, 0.1) is 0 Å². The van der Waals surface area contributed by atoms with Crippen LogP contribution in [0.2, 0.25) is 0 Å². The Bertz CT molecular complexity index is 681. The normalized spacial score (nSPS) is 18.1. The number of hydrogen-bond acceptors (Lipinski definition) is 4. The summed E-state index contributed by atoms with van der Waals surface area (Å²) in [7, 11) is 0. The van der Waals surface area contributed by atoms with Crippen LogP contribution in [0.15, 0.2) is 40.9 Å². The van der Waals surface area contributed by atoms with Gasteiger partial charge in [0.15, 0.2) is 0 Å². The third kappa shape index (κ3) is 2.59. The number of carbonyl (C=O) groups is 2. The molecule has 114 valence electrons. The van der Waals surface area contributed by atoms with E-state index in [1.807, 2.05) is 37.3 Å². The third-order valence-electron chi connectivity index (χ3n) is 3.77. The summed E-state index contributed by atoms with van der Waals surface area (Å²) >= 11 is 0. The molecule has 2 amide bonds. The van der Waals surface area contributed by atoms with E-state index in [2.05, 4.69) is 10.5 Å². The molecule has 2 heterocycles. The molecule has 22 heavy (non-hydrogen) atoms. The fraction of sp³-hybridized carbons (Fsp3) is 0.312. The smallest absolute Gasteiger partial charge is 0.293 e. The maximum absolute atomic E-state index is 12.6. The quantitative estimate of drug-likeness (QED) is 0.936. The van der Waals surface area contributed by atoms with E-state index in [0.29, 0.717) is 25.2 Å². The van der Waals surface area contributed by atoms with Crippen LogP contribution in [0.25, 0.3) is 11.3 Å². The van der Waals surface area contributed by atoms with Crippen molar-refractivity contribution in [3.05, 3.63) is 42.2 Å². The van der Waals surface area contributed by atoms with Crippen molar-refractivity contribution in [2.75, 3.05) is 13.1 Å². The SMILES string of the molecule is CCC1C(=O)NCCN1C(=O)c1cc(-c2ccccc2)no1. The fourth-order valence-corrected chi connectivity index (χ4v) is 2.63. The first-order valence-corrected chi connectivity index (χ1v) is 7.31. The number of nitrogens with zero attached hydrogens (tertiary/aromatic N) is 2. The standard InChI is InChI=1S/C16H17N3O3/c1-2-13-15(20)17-8-9-19(13)16(21)14-10-12(18-22-14)11-6-4-3-5-7-11/h3-7,10,13H,2,8-9H2,1H3,(H,17,20). The van der Waals surface area contributed by atoms with Crippen LogP contribution in [0, 0.1) is 0 Å². The van der Waals surface area contributed by atoms with Crippen molar-refractivity contribution in [2.24, 2.45) is 0 Å². The van der Waals surface area contributed by atoms with Gasteiger partial charge in [-0.15, -0.1) is 0 Å². The Kier molecular flexibility index (Phi) is 3.91. The van der Waals surface area contributed by atoms with Gasteiger partial charge in [-0.3, -0.25) is 9.59 Å². The number of piperazine rings is 1. The molecule has 0 radical (unpaired) electrons. The molecule has 1 aromatic heterocycles. The molecule has 1 aliphatic rings. The van der Waals surface area contributed by atoms with Crippen LogP contribution in [-0.4, -0.2) is 41.0 Å². The van der Waals surface area contributed by atoms with Crippen molar-refractivity contribution in [3.8, 4) is 11.3 Å². The van der Waals surface area contributed by atoms with Crippen molar-refractivity contribution in [3.63, 3.8) is 0 Å². The maximum atomic E-state index is 12.6. The predicted molar refractivity (Wildman–Crippen MR) is 80.1 cm³/mol. The first kappa shape index (κ1) is 14.3. The van der Waals surface area contributed by atoms with Crippen LogP contribution < -0.4 is 5.32 Å². The molecule has 0 aliphatic carbocycles. The van der Waals surface area contributed by atoms with Gasteiger partial charge in [-0.1, -0.05) is 42.4 Å². The lowest BCUT2D eigenvalue weighted by Crippen LogP contribution is -2.56. The first-order valence-electron chi connectivity index (χ1n) is 7.31. The Morgan fingerprint density at radius 1 is 1.41 bits per heavy atom. The number of rotatable bonds is 3. The zero-order valence-electron chi connectivity index (χ0n) is 12.3. The van der Waals surface area contributed by atoms with Crippen molar-refractivity contribution in [1.82, 2.24) is 15.4 Å². The molecule has 2 aromatic rings. The van der Waals surface area contributed by atoms with Gasteiger partial charge in [0.25, 0.3) is 5.91 Å². The van der Waals surface area contributed by atoms with E-state index in [1.54, 1.807) is 11.0 Å². The molecule has 1 unspecified atom stereocenters. The molecule has 1 fully saturated rings. The van der Waals surface area contributed by atoms with Crippen molar-refractivity contribution < 1.29 is 14.1 Å². The van der Waals surface area contributed by atoms with Crippen LogP contribution in [0.1, 0.15) is 23.9 Å². The number of aromatic nitrogens is 1. The number of benzene rings is 1. The van der Waals surface area contributed by atoms with Crippen LogP contribution in [-0.2, 0) is 4.79 Å². The molecule has 6 heteroatoms. The molecule has 1 saturated heterocycles. The Labute approximate surface area is 128 Å². The van der Waals surface area contributed by atoms with Gasteiger partial charge in [-0.2, -0.15) is 0 Å². The molecule has 1 aromatic carbocycles. The third-order valence-corrected chi connectivity index (χ3v) is 3.77. The summed E-state index contributed by atoms with van der Waals surface area (Å²) in [5, 5.41) is 6.72. The first-order chi connectivity index (χ1) is 10.7. The van der Waals surface area contributed by atoms with E-state index in [-0.39, 0.29) is 17.6 Å². The van der Waals surface area contributed by atoms with Gasteiger partial charge in [-0.05, 0) is 6.42 Å². The van der Waals surface area contributed by atoms with Gasteiger partial charge in [-0.25, -0.2) is 0 Å². The van der Waals surface area contributed by atoms with E-state index in [1.165, 1.54) is 0 Å². The molecular formula is C16H17N3O3. The molecular weight excluding hydrogens is 282 g/mol. The zero-order chi connectivity index (χ0) is 15.5. The average molecular weight is 299 g/mol. The summed E-state index contributed by atoms with van der Waals surface area (Å²) in [6.07, 6.45) is 0.567. The van der Waals surface area contributed by atoms with Crippen molar-refractivity contribution in [1.29, 1.82) is 0 Å². The van der Waals surface area contributed by atoms with Gasteiger partial charge in [0.1, 0.15) is 11.7 Å². The monoisotopic (exact) mass is 299 g/mol. The van der Waals surface area contributed by atoms with Gasteiger partial charge >= 0.3 is 0 Å². The topological polar surface area (TPSA) is 75.4 Å². The Hall–Kier alpha value is -2.63. The molecule has 0 bridgehead atoms. The van der Waals surface area contributed by atoms with Crippen molar-refractivity contribution in [2.45, 2.75) is 19.4 Å². The van der Waals surface area contributed by atoms with E-state index in [0.717, 1.165) is 5.56 Å². The van der Waals surface area contributed by atoms with E-state index >= 15 is 0 Å². The number of nitrogens with one attached hydrogen (secondary N) is 1. The highest BCUT2D eigenvalue weighted by atomic mass is 16.5. The highest BCUT2D eigenvalue weighted by Crippen LogP contribution is 2.21. The molecule has 1 atom stereocenters. The molecule has 0 saturated carbocycles. The minimum Gasteiger partial charge on any atom is -0.353 e. The highest BCUT2D eigenvalue weighted by molar-refractivity contribution is 5.96. The Morgan fingerprint density at radius 3 is 2.91 bits per heavy atom. The van der Waals surface area contributed by atoms with Crippen LogP contribution in [0.4, 0.5) is 0 Å². The molecule has 6 nitrogen and oxygen atoms in total. The number of amides is 2. The Morgan fingerprint density at radius 2 is 2.18 bits per heavy atom. The summed E-state index contributed by atoms with van der Waals surface area (Å²) in [5.41, 5.74) is 1.49. The largest absolute Gasteiger partial charge is 0.353 e. The van der Waals surface area contributed by atoms with E-state index < -0.39 is 6.04 Å². The van der Waals surface area contributed by atoms with Gasteiger partial charge in [0, 0.05) is 24.7 Å². The lowest BCUT2D eigenvalue weighted by molar-refractivity contribution is -0.127. The average Bonchev–Trinajstić information content (AvgIpc) is 3.05. The van der Waals surface area contributed by atoms with Crippen LogP contribution in [0.5, 0.6) is 0 Å². The number of carbonyl (C=O) groups excluding carboxylic acids is 2. The summed E-state index contributed by atoms with van der Waals surface area (Å²) in [4.78, 5) is 26.0. The molecule has 0 spiro atoms. The van der Waals surface area contributed by atoms with Gasteiger partial charge in [0.2, 0.25) is 11.7 Å². The zero-order valence-corrected chi connectivity index (χ0v) is 12.3. The second-order valence-corrected chi connectivity index (χ2v) is 5.16. The fourth-order valence-electron chi connectivity index (χ4n) is 2.63. The highest BCUT2D eigenvalue weighted by Gasteiger charge is 2.33. The molecule has 1 N–H and O–H groups in total. The maximum Gasteiger partial charge on any atom is 0.293 e. The predicted octanol–water partition coefficient (Wildman–Crippen LogP) is 1.69. The number of hydrogen-bond donors (Lipinski definition) is 1. The lowest BCUT2D eigenvalue weighted by Gasteiger charge is -2.33. The summed E-state index contributed by atoms with van der Waals surface area (Å²) in [6, 6.07) is 10.7. The summed E-state index contributed by atoms with van der Waals surface area (Å²) in [5.74, 6) is -0.256. The van der Waals surface area contributed by atoms with Gasteiger partial charge < -0.3 is 14.7 Å². The van der Waals surface area contributed by atoms with E-state index in [4.69, 9.17) is 4.52 Å². The minimum absolute atomic E-state index is 0.120. The molecule has 1 aliphatic heterocycles. The van der Waals surface area contributed by atoms with Crippen LogP contribution in [0.3, 0.4) is 0 Å². The van der Waals surface area contributed by atoms with Crippen LogP contribution >= 0.6 is 0 Å².